The van der Waals surface area contributed by atoms with Crippen LogP contribution in [0.25, 0.3) is 0 Å². The summed E-state index contributed by atoms with van der Waals surface area (Å²) < 4.78 is 31.4. The largest absolute Gasteiger partial charge is 0.462 e. The summed E-state index contributed by atoms with van der Waals surface area (Å²) >= 11 is 0. The van der Waals surface area contributed by atoms with Gasteiger partial charge in [-0.05, 0) is 57.0 Å². The molecule has 0 amide bonds. The highest BCUT2D eigenvalue weighted by Crippen LogP contribution is 2.31. The van der Waals surface area contributed by atoms with E-state index in [4.69, 9.17) is 4.74 Å². The Bertz CT molecular complexity index is 547. The zero-order valence-corrected chi connectivity index (χ0v) is 12.6. The number of benzene rings is 1. The molecule has 0 N–H and O–H groups in total. The lowest BCUT2D eigenvalue weighted by atomic mass is 9.84. The number of halogens is 2. The van der Waals surface area contributed by atoms with Crippen LogP contribution in [-0.4, -0.2) is 36.6 Å². The van der Waals surface area contributed by atoms with Gasteiger partial charge >= 0.3 is 5.97 Å². The van der Waals surface area contributed by atoms with Crippen LogP contribution in [0.2, 0.25) is 0 Å². The minimum Gasteiger partial charge on any atom is -0.462 e. The van der Waals surface area contributed by atoms with Gasteiger partial charge in [0.25, 0.3) is 0 Å². The molecule has 2 atom stereocenters. The summed E-state index contributed by atoms with van der Waals surface area (Å²) in [4.78, 5) is 14.5. The summed E-state index contributed by atoms with van der Waals surface area (Å²) in [7, 11) is 0. The third-order valence-corrected chi connectivity index (χ3v) is 4.81. The van der Waals surface area contributed by atoms with E-state index in [2.05, 4.69) is 4.90 Å². The molecule has 22 heavy (non-hydrogen) atoms. The maximum atomic E-state index is 13.2. The van der Waals surface area contributed by atoms with E-state index < -0.39 is 17.6 Å². The predicted molar refractivity (Wildman–Crippen MR) is 78.6 cm³/mol. The molecule has 2 aliphatic rings. The second kappa shape index (κ2) is 6.73. The number of nitrogens with zero attached hydrogens (tertiary/aromatic N) is 1. The Kier molecular flexibility index (Phi) is 4.71. The van der Waals surface area contributed by atoms with Gasteiger partial charge in [0.15, 0.2) is 11.6 Å². The summed E-state index contributed by atoms with van der Waals surface area (Å²) in [6.07, 6.45) is 5.83. The van der Waals surface area contributed by atoms with Crippen LogP contribution in [0.15, 0.2) is 18.2 Å². The van der Waals surface area contributed by atoms with Crippen molar-refractivity contribution in [2.24, 2.45) is 5.92 Å². The Morgan fingerprint density at radius 2 is 1.95 bits per heavy atom. The lowest BCUT2D eigenvalue weighted by Crippen LogP contribution is -2.49. The summed E-state index contributed by atoms with van der Waals surface area (Å²) in [6.45, 7) is 2.63. The van der Waals surface area contributed by atoms with Crippen molar-refractivity contribution < 1.29 is 18.3 Å². The Balaban J connectivity index is 1.59. The van der Waals surface area contributed by atoms with Gasteiger partial charge in [0.05, 0.1) is 12.2 Å². The molecule has 0 saturated carbocycles. The third-order valence-electron chi connectivity index (χ3n) is 4.81. The number of carbonyl (C=O) groups excluding carboxylic acids is 1. The average Bonchev–Trinajstić information content (AvgIpc) is 2.55. The topological polar surface area (TPSA) is 29.5 Å². The molecule has 0 unspecified atom stereocenters. The summed E-state index contributed by atoms with van der Waals surface area (Å²) in [5.41, 5.74) is 0.0650. The lowest BCUT2D eigenvalue weighted by Gasteiger charge is -2.44. The number of esters is 1. The number of carbonyl (C=O) groups is 1. The zero-order chi connectivity index (χ0) is 15.5. The minimum absolute atomic E-state index is 0.0650. The molecule has 0 bridgehead atoms. The van der Waals surface area contributed by atoms with Crippen molar-refractivity contribution in [3.63, 3.8) is 0 Å². The number of ether oxygens (including phenoxy) is 1. The summed E-state index contributed by atoms with van der Waals surface area (Å²) in [5, 5.41) is 0. The third kappa shape index (κ3) is 3.29. The maximum Gasteiger partial charge on any atom is 0.338 e. The smallest absolute Gasteiger partial charge is 0.338 e. The normalized spacial score (nSPS) is 25.5. The van der Waals surface area contributed by atoms with Gasteiger partial charge in [-0.1, -0.05) is 6.42 Å². The molecule has 2 saturated heterocycles. The van der Waals surface area contributed by atoms with Gasteiger partial charge in [0.1, 0.15) is 0 Å². The van der Waals surface area contributed by atoms with Crippen LogP contribution in [0.5, 0.6) is 0 Å². The van der Waals surface area contributed by atoms with Crippen molar-refractivity contribution >= 4 is 5.97 Å². The highest BCUT2D eigenvalue weighted by Gasteiger charge is 2.33. The molecule has 2 aliphatic heterocycles. The number of hydrogen-bond acceptors (Lipinski definition) is 3. The van der Waals surface area contributed by atoms with Crippen LogP contribution < -0.4 is 0 Å². The van der Waals surface area contributed by atoms with E-state index in [1.165, 1.54) is 18.9 Å². The highest BCUT2D eigenvalue weighted by molar-refractivity contribution is 5.89. The Hall–Kier alpha value is -1.49. The lowest BCUT2D eigenvalue weighted by molar-refractivity contribution is 0.00735. The quantitative estimate of drug-likeness (QED) is 0.802. The molecule has 3 rings (SSSR count). The average molecular weight is 309 g/mol. The Morgan fingerprint density at radius 3 is 2.77 bits per heavy atom. The standard InChI is InChI=1S/C17H21F2NO2/c18-14-7-6-12(10-15(14)19)17(21)22-11-13-4-3-9-20-8-2-1-5-16(13)20/h6-7,10,13,16H,1-5,8-9,11H2/t13-,16-/m1/s1. The molecule has 3 nitrogen and oxygen atoms in total. The second-order valence-corrected chi connectivity index (χ2v) is 6.23. The summed E-state index contributed by atoms with van der Waals surface area (Å²) in [5.74, 6) is -2.21. The maximum absolute atomic E-state index is 13.2. The predicted octanol–water partition coefficient (Wildman–Crippen LogP) is 3.39. The van der Waals surface area contributed by atoms with Gasteiger partial charge in [0.2, 0.25) is 0 Å². The van der Waals surface area contributed by atoms with Gasteiger partial charge in [-0.3, -0.25) is 4.90 Å². The first-order chi connectivity index (χ1) is 10.6. The number of piperidine rings is 2. The first-order valence-corrected chi connectivity index (χ1v) is 8.01. The molecule has 5 heteroatoms. The van der Waals surface area contributed by atoms with Crippen molar-refractivity contribution in [1.82, 2.24) is 4.90 Å². The van der Waals surface area contributed by atoms with Crippen LogP contribution in [0.1, 0.15) is 42.5 Å². The van der Waals surface area contributed by atoms with Crippen molar-refractivity contribution in [3.8, 4) is 0 Å². The van der Waals surface area contributed by atoms with Gasteiger partial charge in [-0.2, -0.15) is 0 Å². The summed E-state index contributed by atoms with van der Waals surface area (Å²) in [6, 6.07) is 3.61. The van der Waals surface area contributed by atoms with E-state index in [9.17, 15) is 13.6 Å². The zero-order valence-electron chi connectivity index (χ0n) is 12.6. The van der Waals surface area contributed by atoms with Gasteiger partial charge in [-0.15, -0.1) is 0 Å². The molecule has 120 valence electrons. The highest BCUT2D eigenvalue weighted by atomic mass is 19.2. The molecular formula is C17H21F2NO2. The van der Waals surface area contributed by atoms with Crippen LogP contribution >= 0.6 is 0 Å². The van der Waals surface area contributed by atoms with Crippen LogP contribution in [-0.2, 0) is 4.74 Å². The first kappa shape index (κ1) is 15.4. The Morgan fingerprint density at radius 1 is 1.14 bits per heavy atom. The molecule has 2 fully saturated rings. The number of hydrogen-bond donors (Lipinski definition) is 0. The molecule has 2 heterocycles. The molecule has 1 aromatic rings. The fourth-order valence-corrected chi connectivity index (χ4v) is 3.66. The second-order valence-electron chi connectivity index (χ2n) is 6.23. The van der Waals surface area contributed by atoms with Crippen molar-refractivity contribution in [2.45, 2.75) is 38.1 Å². The van der Waals surface area contributed by atoms with E-state index in [-0.39, 0.29) is 5.56 Å². The number of rotatable bonds is 3. The monoisotopic (exact) mass is 309 g/mol. The van der Waals surface area contributed by atoms with E-state index >= 15 is 0 Å². The van der Waals surface area contributed by atoms with Gasteiger partial charge in [-0.25, -0.2) is 13.6 Å². The molecule has 0 aliphatic carbocycles. The molecule has 0 spiro atoms. The van der Waals surface area contributed by atoms with E-state index in [0.717, 1.165) is 44.5 Å². The van der Waals surface area contributed by atoms with Crippen molar-refractivity contribution in [1.29, 1.82) is 0 Å². The van der Waals surface area contributed by atoms with E-state index in [0.29, 0.717) is 18.6 Å². The molecule has 1 aromatic carbocycles. The molecule has 0 aromatic heterocycles. The molecular weight excluding hydrogens is 288 g/mol. The minimum atomic E-state index is -1.02. The van der Waals surface area contributed by atoms with Crippen LogP contribution in [0, 0.1) is 17.6 Å². The van der Waals surface area contributed by atoms with Crippen LogP contribution in [0.3, 0.4) is 0 Å². The fraction of sp³-hybridized carbons (Fsp3) is 0.588. The Labute approximate surface area is 129 Å². The molecule has 0 radical (unpaired) electrons. The van der Waals surface area contributed by atoms with Gasteiger partial charge in [0, 0.05) is 12.0 Å². The SMILES string of the molecule is O=C(OC[C@H]1CCCN2CCCC[C@H]12)c1ccc(F)c(F)c1. The van der Waals surface area contributed by atoms with Gasteiger partial charge < -0.3 is 4.74 Å². The van der Waals surface area contributed by atoms with Crippen molar-refractivity contribution in [3.05, 3.63) is 35.4 Å². The van der Waals surface area contributed by atoms with Crippen molar-refractivity contribution in [2.75, 3.05) is 19.7 Å². The fourth-order valence-electron chi connectivity index (χ4n) is 3.66. The van der Waals surface area contributed by atoms with Crippen LogP contribution in [0.4, 0.5) is 8.78 Å². The van der Waals surface area contributed by atoms with E-state index in [1.54, 1.807) is 0 Å². The number of fused-ring (bicyclic) bond motifs is 1. The van der Waals surface area contributed by atoms with E-state index in [1.807, 2.05) is 0 Å². The first-order valence-electron chi connectivity index (χ1n) is 8.01.